The van der Waals surface area contributed by atoms with Gasteiger partial charge in [-0.05, 0) is 0 Å². The summed E-state index contributed by atoms with van der Waals surface area (Å²) in [5, 5.41) is 19.0. The molecule has 7 nitrogen and oxygen atoms in total. The molecular formula is C9H11FN2O5. The monoisotopic (exact) mass is 246 g/mol. The summed E-state index contributed by atoms with van der Waals surface area (Å²) in [7, 11) is 0. The summed E-state index contributed by atoms with van der Waals surface area (Å²) in [4.78, 5) is 24.2. The first-order valence-electron chi connectivity index (χ1n) is 4.93. The smallest absolute Gasteiger partial charge is 0.330 e. The molecule has 0 radical (unpaired) electrons. The van der Waals surface area contributed by atoms with E-state index in [4.69, 9.17) is 4.74 Å². The number of nitrogens with one attached hydrogen (secondary N) is 1. The molecule has 94 valence electrons. The normalized spacial score (nSPS) is 32.9. The lowest BCUT2D eigenvalue weighted by molar-refractivity contribution is -0.0454. The molecule has 1 fully saturated rings. The number of aliphatic hydroxyl groups excluding tert-OH is 2. The Bertz CT molecular complexity index is 513. The number of nitrogens with zero attached hydrogens (tertiary/aromatic N) is 1. The van der Waals surface area contributed by atoms with Crippen LogP contribution in [0, 0.1) is 0 Å². The van der Waals surface area contributed by atoms with Gasteiger partial charge in [-0.15, -0.1) is 0 Å². The Balaban J connectivity index is 2.35. The molecular weight excluding hydrogens is 235 g/mol. The third-order valence-corrected chi connectivity index (χ3v) is 2.61. The number of rotatable bonds is 2. The van der Waals surface area contributed by atoms with Crippen LogP contribution in [0.1, 0.15) is 6.23 Å². The van der Waals surface area contributed by atoms with E-state index in [1.165, 1.54) is 0 Å². The minimum atomic E-state index is -1.43. The second-order valence-corrected chi connectivity index (χ2v) is 3.72. The van der Waals surface area contributed by atoms with Crippen molar-refractivity contribution in [3.8, 4) is 0 Å². The van der Waals surface area contributed by atoms with E-state index in [2.05, 4.69) is 0 Å². The molecule has 0 unspecified atom stereocenters. The zero-order chi connectivity index (χ0) is 12.6. The van der Waals surface area contributed by atoms with E-state index >= 15 is 0 Å². The first kappa shape index (κ1) is 12.0. The summed E-state index contributed by atoms with van der Waals surface area (Å²) in [5.41, 5.74) is -1.39. The third kappa shape index (κ3) is 2.02. The van der Waals surface area contributed by atoms with Crippen LogP contribution in [0.15, 0.2) is 21.9 Å². The average Bonchev–Trinajstić information content (AvgIpc) is 2.57. The van der Waals surface area contributed by atoms with E-state index in [-0.39, 0.29) is 0 Å². The Labute approximate surface area is 94.1 Å². The Kier molecular flexibility index (Phi) is 3.09. The van der Waals surface area contributed by atoms with E-state index in [0.29, 0.717) is 0 Å². The molecule has 4 atom stereocenters. The van der Waals surface area contributed by atoms with Crippen LogP contribution in [0.5, 0.6) is 0 Å². The topological polar surface area (TPSA) is 105 Å². The fraction of sp³-hybridized carbons (Fsp3) is 0.556. The standard InChI is InChI=1S/C9H11FN2O5/c10-3-4-6(14)7(15)8(17-4)12-2-1-5(13)11-9(12)16/h1-2,4,6-8,14-15H,3H2,(H,11,13,16)/t4-,6-,7+,8-/m0/s1. The predicted molar refractivity (Wildman–Crippen MR) is 53.2 cm³/mol. The number of aromatic nitrogens is 2. The lowest BCUT2D eigenvalue weighted by Gasteiger charge is -2.16. The van der Waals surface area contributed by atoms with Gasteiger partial charge in [-0.3, -0.25) is 14.3 Å². The van der Waals surface area contributed by atoms with E-state index in [0.717, 1.165) is 16.8 Å². The van der Waals surface area contributed by atoms with Gasteiger partial charge in [0.15, 0.2) is 6.23 Å². The third-order valence-electron chi connectivity index (χ3n) is 2.61. The van der Waals surface area contributed by atoms with E-state index < -0.39 is 42.5 Å². The Morgan fingerprint density at radius 3 is 2.65 bits per heavy atom. The van der Waals surface area contributed by atoms with Crippen molar-refractivity contribution in [2.45, 2.75) is 24.5 Å². The number of alkyl halides is 1. The van der Waals surface area contributed by atoms with Crippen LogP contribution in [0.25, 0.3) is 0 Å². The van der Waals surface area contributed by atoms with Gasteiger partial charge < -0.3 is 14.9 Å². The predicted octanol–water partition coefficient (Wildman–Crippen LogP) is -1.87. The number of halogens is 1. The van der Waals surface area contributed by atoms with Gasteiger partial charge in [0.2, 0.25) is 0 Å². The molecule has 1 saturated heterocycles. The molecule has 0 aliphatic carbocycles. The number of H-pyrrole nitrogens is 1. The highest BCUT2D eigenvalue weighted by Crippen LogP contribution is 2.28. The molecule has 2 heterocycles. The van der Waals surface area contributed by atoms with Crippen molar-refractivity contribution in [1.29, 1.82) is 0 Å². The van der Waals surface area contributed by atoms with Crippen molar-refractivity contribution in [3.05, 3.63) is 33.1 Å². The number of ether oxygens (including phenoxy) is 1. The number of aromatic amines is 1. The summed E-state index contributed by atoms with van der Waals surface area (Å²) >= 11 is 0. The highest BCUT2D eigenvalue weighted by Gasteiger charge is 2.43. The van der Waals surface area contributed by atoms with Gasteiger partial charge >= 0.3 is 5.69 Å². The maximum atomic E-state index is 12.4. The lowest BCUT2D eigenvalue weighted by Crippen LogP contribution is -2.37. The minimum Gasteiger partial charge on any atom is -0.387 e. The zero-order valence-corrected chi connectivity index (χ0v) is 8.62. The quantitative estimate of drug-likeness (QED) is 0.567. The van der Waals surface area contributed by atoms with Crippen LogP contribution in [-0.2, 0) is 4.74 Å². The van der Waals surface area contributed by atoms with Gasteiger partial charge in [-0.2, -0.15) is 0 Å². The first-order chi connectivity index (χ1) is 8.04. The summed E-state index contributed by atoms with van der Waals surface area (Å²) in [5.74, 6) is 0. The van der Waals surface area contributed by atoms with Crippen molar-refractivity contribution in [2.75, 3.05) is 6.67 Å². The van der Waals surface area contributed by atoms with Gasteiger partial charge in [0.05, 0.1) is 0 Å². The van der Waals surface area contributed by atoms with E-state index in [1.807, 2.05) is 4.98 Å². The Morgan fingerprint density at radius 2 is 2.12 bits per heavy atom. The van der Waals surface area contributed by atoms with Crippen LogP contribution in [0.2, 0.25) is 0 Å². The summed E-state index contributed by atoms with van der Waals surface area (Å²) in [6.45, 7) is -0.979. The van der Waals surface area contributed by atoms with E-state index in [9.17, 15) is 24.2 Å². The van der Waals surface area contributed by atoms with Crippen LogP contribution < -0.4 is 11.2 Å². The minimum absolute atomic E-state index is 0.596. The molecule has 0 spiro atoms. The van der Waals surface area contributed by atoms with Gasteiger partial charge in [0, 0.05) is 12.3 Å². The van der Waals surface area contributed by atoms with Crippen molar-refractivity contribution in [3.63, 3.8) is 0 Å². The second-order valence-electron chi connectivity index (χ2n) is 3.72. The second kappa shape index (κ2) is 4.40. The van der Waals surface area contributed by atoms with Crippen molar-refractivity contribution < 1.29 is 19.3 Å². The van der Waals surface area contributed by atoms with Gasteiger partial charge in [0.1, 0.15) is 25.0 Å². The molecule has 0 amide bonds. The molecule has 1 aliphatic heterocycles. The zero-order valence-electron chi connectivity index (χ0n) is 8.62. The highest BCUT2D eigenvalue weighted by molar-refractivity contribution is 4.92. The van der Waals surface area contributed by atoms with Crippen molar-refractivity contribution in [2.24, 2.45) is 0 Å². The molecule has 1 aliphatic rings. The molecule has 0 bridgehead atoms. The van der Waals surface area contributed by atoms with Crippen LogP contribution in [0.4, 0.5) is 4.39 Å². The molecule has 1 aromatic rings. The molecule has 8 heteroatoms. The van der Waals surface area contributed by atoms with E-state index in [1.54, 1.807) is 0 Å². The number of hydrogen-bond acceptors (Lipinski definition) is 5. The number of aliphatic hydroxyl groups is 2. The maximum absolute atomic E-state index is 12.4. The first-order valence-corrected chi connectivity index (χ1v) is 4.93. The van der Waals surface area contributed by atoms with Gasteiger partial charge in [-0.25, -0.2) is 9.18 Å². The molecule has 2 rings (SSSR count). The molecule has 0 aromatic carbocycles. The highest BCUT2D eigenvalue weighted by atomic mass is 19.1. The Hall–Kier alpha value is -1.51. The van der Waals surface area contributed by atoms with Gasteiger partial charge in [-0.1, -0.05) is 0 Å². The van der Waals surface area contributed by atoms with Crippen molar-refractivity contribution in [1.82, 2.24) is 9.55 Å². The van der Waals surface area contributed by atoms with Crippen molar-refractivity contribution >= 4 is 0 Å². The van der Waals surface area contributed by atoms with Crippen LogP contribution in [0.3, 0.4) is 0 Å². The summed E-state index contributed by atoms with van der Waals surface area (Å²) in [6, 6.07) is 1.06. The fourth-order valence-electron chi connectivity index (χ4n) is 1.71. The fourth-order valence-corrected chi connectivity index (χ4v) is 1.71. The SMILES string of the molecule is O=c1ccn([C@H]2O[C@@H](CF)[C@H](O)[C@H]2O)c(=O)[nH]1. The largest absolute Gasteiger partial charge is 0.387 e. The molecule has 1 aromatic heterocycles. The number of hydrogen-bond donors (Lipinski definition) is 3. The summed E-state index contributed by atoms with van der Waals surface area (Å²) in [6.07, 6.45) is -4.13. The maximum Gasteiger partial charge on any atom is 0.330 e. The molecule has 3 N–H and O–H groups in total. The van der Waals surface area contributed by atoms with Crippen LogP contribution >= 0.6 is 0 Å². The Morgan fingerprint density at radius 1 is 1.41 bits per heavy atom. The lowest BCUT2D eigenvalue weighted by atomic mass is 10.1. The molecule has 17 heavy (non-hydrogen) atoms. The van der Waals surface area contributed by atoms with Gasteiger partial charge in [0.25, 0.3) is 5.56 Å². The average molecular weight is 246 g/mol. The summed E-state index contributed by atoms with van der Waals surface area (Å²) < 4.78 is 18.3. The molecule has 0 saturated carbocycles. The van der Waals surface area contributed by atoms with Crippen LogP contribution in [-0.4, -0.2) is 44.8 Å².